The van der Waals surface area contributed by atoms with Gasteiger partial charge in [0.25, 0.3) is 0 Å². The van der Waals surface area contributed by atoms with Gasteiger partial charge in [0.05, 0.1) is 17.6 Å². The molecule has 16 heavy (non-hydrogen) atoms. The second-order valence-corrected chi connectivity index (χ2v) is 6.55. The standard InChI is InChI=1S/C9H12BrN3O2S/c10-8-5-12-9(6-11-8)13-16(14,15)7-3-1-2-4-7/h5-7H,1-4H2,(H,12,13). The third-order valence-electron chi connectivity index (χ3n) is 2.61. The highest BCUT2D eigenvalue weighted by Crippen LogP contribution is 2.25. The van der Waals surface area contributed by atoms with E-state index in [1.54, 1.807) is 0 Å². The molecule has 1 fully saturated rings. The minimum Gasteiger partial charge on any atom is -0.266 e. The van der Waals surface area contributed by atoms with E-state index < -0.39 is 10.0 Å². The highest BCUT2D eigenvalue weighted by Gasteiger charge is 2.28. The van der Waals surface area contributed by atoms with Gasteiger partial charge >= 0.3 is 0 Å². The summed E-state index contributed by atoms with van der Waals surface area (Å²) < 4.78 is 26.8. The molecule has 2 rings (SSSR count). The van der Waals surface area contributed by atoms with E-state index in [1.807, 2.05) is 0 Å². The highest BCUT2D eigenvalue weighted by molar-refractivity contribution is 9.10. The summed E-state index contributed by atoms with van der Waals surface area (Å²) in [7, 11) is -3.29. The SMILES string of the molecule is O=S(=O)(Nc1cnc(Br)cn1)C1CCCC1. The van der Waals surface area contributed by atoms with Crippen LogP contribution in [-0.4, -0.2) is 23.6 Å². The molecule has 1 aliphatic rings. The fraction of sp³-hybridized carbons (Fsp3) is 0.556. The van der Waals surface area contributed by atoms with Crippen LogP contribution in [0.2, 0.25) is 0 Å². The van der Waals surface area contributed by atoms with E-state index >= 15 is 0 Å². The van der Waals surface area contributed by atoms with E-state index in [-0.39, 0.29) is 11.1 Å². The lowest BCUT2D eigenvalue weighted by Crippen LogP contribution is -2.25. The Morgan fingerprint density at radius 1 is 1.25 bits per heavy atom. The molecule has 0 unspecified atom stereocenters. The number of aromatic nitrogens is 2. The van der Waals surface area contributed by atoms with E-state index in [0.717, 1.165) is 25.7 Å². The van der Waals surface area contributed by atoms with Crippen molar-refractivity contribution in [3.63, 3.8) is 0 Å². The molecule has 7 heteroatoms. The minimum atomic E-state index is -3.29. The van der Waals surface area contributed by atoms with Crippen LogP contribution in [0.5, 0.6) is 0 Å². The minimum absolute atomic E-state index is 0.273. The number of sulfonamides is 1. The third-order valence-corrected chi connectivity index (χ3v) is 4.86. The third kappa shape index (κ3) is 2.70. The summed E-state index contributed by atoms with van der Waals surface area (Å²) in [6.07, 6.45) is 6.30. The van der Waals surface area contributed by atoms with Crippen LogP contribution in [-0.2, 0) is 10.0 Å². The Labute approximate surface area is 103 Å². The van der Waals surface area contributed by atoms with Crippen molar-refractivity contribution >= 4 is 31.8 Å². The molecule has 1 aromatic heterocycles. The fourth-order valence-corrected chi connectivity index (χ4v) is 3.51. The Balaban J connectivity index is 2.11. The summed E-state index contributed by atoms with van der Waals surface area (Å²) in [4.78, 5) is 7.85. The van der Waals surface area contributed by atoms with Crippen molar-refractivity contribution in [1.29, 1.82) is 0 Å². The molecule has 0 spiro atoms. The molecule has 1 N–H and O–H groups in total. The average molecular weight is 306 g/mol. The van der Waals surface area contributed by atoms with E-state index in [2.05, 4.69) is 30.6 Å². The number of hydrogen-bond acceptors (Lipinski definition) is 4. The zero-order chi connectivity index (χ0) is 11.6. The van der Waals surface area contributed by atoms with E-state index in [4.69, 9.17) is 0 Å². The Kier molecular flexibility index (Phi) is 3.44. The maximum Gasteiger partial charge on any atom is 0.236 e. The van der Waals surface area contributed by atoms with Crippen LogP contribution in [0.25, 0.3) is 0 Å². The number of rotatable bonds is 3. The maximum atomic E-state index is 11.9. The van der Waals surface area contributed by atoms with Crippen LogP contribution in [0.4, 0.5) is 5.82 Å². The van der Waals surface area contributed by atoms with Gasteiger partial charge in [0.2, 0.25) is 10.0 Å². The predicted octanol–water partition coefficient (Wildman–Crippen LogP) is 1.92. The molecule has 1 heterocycles. The van der Waals surface area contributed by atoms with Crippen molar-refractivity contribution in [1.82, 2.24) is 9.97 Å². The summed E-state index contributed by atoms with van der Waals surface area (Å²) in [5, 5.41) is -0.280. The number of anilines is 1. The van der Waals surface area contributed by atoms with Crippen LogP contribution in [0.1, 0.15) is 25.7 Å². The molecule has 1 saturated carbocycles. The summed E-state index contributed by atoms with van der Waals surface area (Å²) >= 11 is 3.14. The van der Waals surface area contributed by atoms with Gasteiger partial charge in [-0.05, 0) is 28.8 Å². The monoisotopic (exact) mass is 305 g/mol. The van der Waals surface area contributed by atoms with Gasteiger partial charge in [-0.3, -0.25) is 4.72 Å². The lowest BCUT2D eigenvalue weighted by atomic mass is 10.4. The van der Waals surface area contributed by atoms with Gasteiger partial charge < -0.3 is 0 Å². The molecule has 0 aromatic carbocycles. The number of nitrogens with zero attached hydrogens (tertiary/aromatic N) is 2. The van der Waals surface area contributed by atoms with Gasteiger partial charge in [-0.25, -0.2) is 18.4 Å². The first kappa shape index (κ1) is 11.8. The summed E-state index contributed by atoms with van der Waals surface area (Å²) in [6.45, 7) is 0. The van der Waals surface area contributed by atoms with E-state index in [9.17, 15) is 8.42 Å². The Morgan fingerprint density at radius 3 is 2.50 bits per heavy atom. The quantitative estimate of drug-likeness (QED) is 0.926. The molecular formula is C9H12BrN3O2S. The molecule has 5 nitrogen and oxygen atoms in total. The van der Waals surface area contributed by atoms with Gasteiger partial charge in [-0.15, -0.1) is 0 Å². The zero-order valence-electron chi connectivity index (χ0n) is 8.56. The van der Waals surface area contributed by atoms with Crippen LogP contribution in [0, 0.1) is 0 Å². The van der Waals surface area contributed by atoms with Gasteiger partial charge in [-0.2, -0.15) is 0 Å². The molecule has 1 aromatic rings. The Morgan fingerprint density at radius 2 is 1.94 bits per heavy atom. The maximum absolute atomic E-state index is 11.9. The predicted molar refractivity (Wildman–Crippen MR) is 64.5 cm³/mol. The summed E-state index contributed by atoms with van der Waals surface area (Å²) in [6, 6.07) is 0. The molecule has 0 atom stereocenters. The fourth-order valence-electron chi connectivity index (χ4n) is 1.79. The molecule has 1 aliphatic carbocycles. The van der Waals surface area contributed by atoms with Crippen molar-refractivity contribution in [3.8, 4) is 0 Å². The molecule has 0 aliphatic heterocycles. The summed E-state index contributed by atoms with van der Waals surface area (Å²) in [5.41, 5.74) is 0. The Bertz CT molecular complexity index is 454. The number of hydrogen-bond donors (Lipinski definition) is 1. The second kappa shape index (κ2) is 4.67. The van der Waals surface area contributed by atoms with Crippen LogP contribution in [0.3, 0.4) is 0 Å². The molecular weight excluding hydrogens is 294 g/mol. The average Bonchev–Trinajstić information content (AvgIpc) is 2.75. The highest BCUT2D eigenvalue weighted by atomic mass is 79.9. The zero-order valence-corrected chi connectivity index (χ0v) is 11.0. The van der Waals surface area contributed by atoms with Crippen molar-refractivity contribution < 1.29 is 8.42 Å². The Hall–Kier alpha value is -0.690. The van der Waals surface area contributed by atoms with Crippen LogP contribution in [0.15, 0.2) is 17.0 Å². The number of nitrogens with one attached hydrogen (secondary N) is 1. The van der Waals surface area contributed by atoms with E-state index in [0.29, 0.717) is 4.60 Å². The molecule has 0 amide bonds. The van der Waals surface area contributed by atoms with Gasteiger partial charge in [0.15, 0.2) is 5.82 Å². The van der Waals surface area contributed by atoms with Crippen LogP contribution >= 0.6 is 15.9 Å². The smallest absolute Gasteiger partial charge is 0.236 e. The number of halogens is 1. The lowest BCUT2D eigenvalue weighted by molar-refractivity contribution is 0.585. The van der Waals surface area contributed by atoms with Crippen molar-refractivity contribution in [2.75, 3.05) is 4.72 Å². The first-order valence-electron chi connectivity index (χ1n) is 5.07. The topological polar surface area (TPSA) is 72.0 Å². The summed E-state index contributed by atoms with van der Waals surface area (Å²) in [5.74, 6) is 0.273. The van der Waals surface area contributed by atoms with Crippen molar-refractivity contribution in [2.45, 2.75) is 30.9 Å². The molecule has 88 valence electrons. The lowest BCUT2D eigenvalue weighted by Gasteiger charge is -2.12. The van der Waals surface area contributed by atoms with Gasteiger partial charge in [-0.1, -0.05) is 12.8 Å². The van der Waals surface area contributed by atoms with Gasteiger partial charge in [0, 0.05) is 0 Å². The molecule has 0 saturated heterocycles. The van der Waals surface area contributed by atoms with Crippen molar-refractivity contribution in [2.24, 2.45) is 0 Å². The van der Waals surface area contributed by atoms with Crippen molar-refractivity contribution in [3.05, 3.63) is 17.0 Å². The largest absolute Gasteiger partial charge is 0.266 e. The van der Waals surface area contributed by atoms with Gasteiger partial charge in [0.1, 0.15) is 4.60 Å². The molecule has 0 radical (unpaired) electrons. The first-order chi connectivity index (χ1) is 7.58. The second-order valence-electron chi connectivity index (χ2n) is 3.78. The normalized spacial score (nSPS) is 17.6. The van der Waals surface area contributed by atoms with E-state index in [1.165, 1.54) is 12.4 Å². The van der Waals surface area contributed by atoms with Crippen LogP contribution < -0.4 is 4.72 Å². The molecule has 0 bridgehead atoms. The first-order valence-corrected chi connectivity index (χ1v) is 7.41.